The molecule has 2 aromatic rings. The quantitative estimate of drug-likeness (QED) is 0.918. The van der Waals surface area contributed by atoms with E-state index in [1.807, 2.05) is 30.1 Å². The maximum atomic E-state index is 4.60. The zero-order valence-electron chi connectivity index (χ0n) is 13.1. The van der Waals surface area contributed by atoms with Crippen molar-refractivity contribution in [2.24, 2.45) is 0 Å². The second-order valence-electron chi connectivity index (χ2n) is 5.96. The number of hydrogen-bond donors (Lipinski definition) is 1. The molecule has 1 aliphatic carbocycles. The van der Waals surface area contributed by atoms with E-state index in [0.717, 1.165) is 12.4 Å². The first-order chi connectivity index (χ1) is 10.8. The third-order valence-corrected chi connectivity index (χ3v) is 4.11. The molecule has 1 aromatic carbocycles. The molecule has 0 spiro atoms. The number of aromatic nitrogens is 3. The van der Waals surface area contributed by atoms with Crippen LogP contribution in [0.5, 0.6) is 0 Å². The van der Waals surface area contributed by atoms with Crippen molar-refractivity contribution >= 4 is 11.8 Å². The third-order valence-electron chi connectivity index (χ3n) is 4.11. The molecule has 0 saturated heterocycles. The molecule has 5 heteroatoms. The van der Waals surface area contributed by atoms with Gasteiger partial charge >= 0.3 is 0 Å². The van der Waals surface area contributed by atoms with Crippen LogP contribution in [-0.4, -0.2) is 28.3 Å². The summed E-state index contributed by atoms with van der Waals surface area (Å²) in [5.41, 5.74) is 1.24. The van der Waals surface area contributed by atoms with Crippen LogP contribution in [0.4, 0.5) is 11.8 Å². The molecule has 0 unspecified atom stereocenters. The Morgan fingerprint density at radius 2 is 1.91 bits per heavy atom. The molecule has 0 bridgehead atoms. The second kappa shape index (κ2) is 7.20. The molecule has 0 atom stereocenters. The van der Waals surface area contributed by atoms with E-state index >= 15 is 0 Å². The Labute approximate surface area is 131 Å². The Balaban J connectivity index is 1.64. The Bertz CT molecular complexity index is 581. The third kappa shape index (κ3) is 3.93. The van der Waals surface area contributed by atoms with Gasteiger partial charge in [0.2, 0.25) is 5.95 Å². The Morgan fingerprint density at radius 3 is 2.68 bits per heavy atom. The summed E-state index contributed by atoms with van der Waals surface area (Å²) in [4.78, 5) is 6.63. The van der Waals surface area contributed by atoms with Crippen molar-refractivity contribution in [2.45, 2.75) is 44.7 Å². The van der Waals surface area contributed by atoms with Crippen LogP contribution in [0, 0.1) is 0 Å². The summed E-state index contributed by atoms with van der Waals surface area (Å²) in [5, 5.41) is 11.7. The highest BCUT2D eigenvalue weighted by Gasteiger charge is 2.14. The zero-order chi connectivity index (χ0) is 15.2. The maximum Gasteiger partial charge on any atom is 0.247 e. The van der Waals surface area contributed by atoms with Crippen LogP contribution in [-0.2, 0) is 6.54 Å². The fourth-order valence-corrected chi connectivity index (χ4v) is 2.91. The van der Waals surface area contributed by atoms with Crippen molar-refractivity contribution in [1.29, 1.82) is 0 Å². The van der Waals surface area contributed by atoms with Gasteiger partial charge in [0.25, 0.3) is 0 Å². The summed E-state index contributed by atoms with van der Waals surface area (Å²) in [6.07, 6.45) is 8.12. The SMILES string of the molecule is CN(Cc1ccccc1)c1nncc(NC2CCCCC2)n1. The first-order valence-electron chi connectivity index (χ1n) is 8.02. The van der Waals surface area contributed by atoms with Gasteiger partial charge in [-0.2, -0.15) is 10.1 Å². The van der Waals surface area contributed by atoms with E-state index in [4.69, 9.17) is 0 Å². The minimum absolute atomic E-state index is 0.526. The fraction of sp³-hybridized carbons (Fsp3) is 0.471. The highest BCUT2D eigenvalue weighted by Crippen LogP contribution is 2.21. The van der Waals surface area contributed by atoms with Crippen molar-refractivity contribution in [3.05, 3.63) is 42.1 Å². The molecule has 116 valence electrons. The van der Waals surface area contributed by atoms with Gasteiger partial charge in [0.05, 0.1) is 6.20 Å². The largest absolute Gasteiger partial charge is 0.366 e. The smallest absolute Gasteiger partial charge is 0.247 e. The standard InChI is InChI=1S/C17H23N5/c1-22(13-14-8-4-2-5-9-14)17-20-16(12-18-21-17)19-15-10-6-3-7-11-15/h2,4-5,8-9,12,15H,3,6-7,10-11,13H2,1H3,(H,19,20,21). The zero-order valence-corrected chi connectivity index (χ0v) is 13.1. The summed E-state index contributed by atoms with van der Waals surface area (Å²) in [6, 6.07) is 10.9. The molecule has 22 heavy (non-hydrogen) atoms. The van der Waals surface area contributed by atoms with E-state index in [0.29, 0.717) is 12.0 Å². The van der Waals surface area contributed by atoms with Crippen LogP contribution in [0.15, 0.2) is 36.5 Å². The number of rotatable bonds is 5. The average molecular weight is 297 g/mol. The number of nitrogens with zero attached hydrogens (tertiary/aromatic N) is 4. The van der Waals surface area contributed by atoms with Crippen LogP contribution in [0.2, 0.25) is 0 Å². The van der Waals surface area contributed by atoms with Crippen molar-refractivity contribution in [1.82, 2.24) is 15.2 Å². The van der Waals surface area contributed by atoms with Gasteiger partial charge in [0.15, 0.2) is 5.82 Å². The Morgan fingerprint density at radius 1 is 1.14 bits per heavy atom. The van der Waals surface area contributed by atoms with Crippen LogP contribution in [0.1, 0.15) is 37.7 Å². The Kier molecular flexibility index (Phi) is 4.83. The average Bonchev–Trinajstić information content (AvgIpc) is 2.57. The first-order valence-corrected chi connectivity index (χ1v) is 8.02. The van der Waals surface area contributed by atoms with E-state index in [1.54, 1.807) is 6.20 Å². The van der Waals surface area contributed by atoms with Crippen LogP contribution >= 0.6 is 0 Å². The monoisotopic (exact) mass is 297 g/mol. The lowest BCUT2D eigenvalue weighted by molar-refractivity contribution is 0.461. The van der Waals surface area contributed by atoms with Gasteiger partial charge in [-0.3, -0.25) is 0 Å². The van der Waals surface area contributed by atoms with E-state index in [9.17, 15) is 0 Å². The van der Waals surface area contributed by atoms with Crippen molar-refractivity contribution in [3.8, 4) is 0 Å². The lowest BCUT2D eigenvalue weighted by atomic mass is 9.96. The molecule has 1 fully saturated rings. The van der Waals surface area contributed by atoms with Gasteiger partial charge in [0, 0.05) is 19.6 Å². The van der Waals surface area contributed by atoms with Gasteiger partial charge in [-0.05, 0) is 18.4 Å². The van der Waals surface area contributed by atoms with Crippen molar-refractivity contribution in [3.63, 3.8) is 0 Å². The fourth-order valence-electron chi connectivity index (χ4n) is 2.91. The summed E-state index contributed by atoms with van der Waals surface area (Å²) >= 11 is 0. The molecule has 1 aromatic heterocycles. The lowest BCUT2D eigenvalue weighted by Gasteiger charge is -2.23. The summed E-state index contributed by atoms with van der Waals surface area (Å²) in [5.74, 6) is 1.49. The second-order valence-corrected chi connectivity index (χ2v) is 5.96. The lowest BCUT2D eigenvalue weighted by Crippen LogP contribution is -2.24. The van der Waals surface area contributed by atoms with Crippen LogP contribution in [0.3, 0.4) is 0 Å². The van der Waals surface area contributed by atoms with Crippen molar-refractivity contribution < 1.29 is 0 Å². The Hall–Kier alpha value is -2.17. The number of hydrogen-bond acceptors (Lipinski definition) is 5. The molecule has 3 rings (SSSR count). The van der Waals surface area contributed by atoms with Gasteiger partial charge in [-0.25, -0.2) is 0 Å². The van der Waals surface area contributed by atoms with Gasteiger partial charge in [0.1, 0.15) is 0 Å². The molecule has 1 aliphatic rings. The summed E-state index contributed by atoms with van der Waals surface area (Å²) < 4.78 is 0. The molecular formula is C17H23N5. The highest BCUT2D eigenvalue weighted by atomic mass is 15.3. The van der Waals surface area contributed by atoms with Gasteiger partial charge in [-0.1, -0.05) is 49.6 Å². The van der Waals surface area contributed by atoms with Crippen LogP contribution < -0.4 is 10.2 Å². The van der Waals surface area contributed by atoms with Gasteiger partial charge < -0.3 is 10.2 Å². The van der Waals surface area contributed by atoms with Crippen molar-refractivity contribution in [2.75, 3.05) is 17.3 Å². The predicted molar refractivity (Wildman–Crippen MR) is 88.9 cm³/mol. The van der Waals surface area contributed by atoms with E-state index < -0.39 is 0 Å². The predicted octanol–water partition coefficient (Wildman–Crippen LogP) is 3.25. The number of benzene rings is 1. The first kappa shape index (κ1) is 14.8. The molecule has 0 aliphatic heterocycles. The highest BCUT2D eigenvalue weighted by molar-refractivity contribution is 5.39. The van der Waals surface area contributed by atoms with Gasteiger partial charge in [-0.15, -0.1) is 5.10 Å². The molecule has 1 N–H and O–H groups in total. The summed E-state index contributed by atoms with van der Waals surface area (Å²) in [6.45, 7) is 0.773. The molecule has 5 nitrogen and oxygen atoms in total. The molecule has 1 heterocycles. The van der Waals surface area contributed by atoms with Crippen LogP contribution in [0.25, 0.3) is 0 Å². The normalized spacial score (nSPS) is 15.5. The summed E-state index contributed by atoms with van der Waals surface area (Å²) in [7, 11) is 1.99. The number of nitrogens with one attached hydrogen (secondary N) is 1. The van der Waals surface area contributed by atoms with E-state index in [2.05, 4.69) is 32.6 Å². The molecule has 1 saturated carbocycles. The minimum Gasteiger partial charge on any atom is -0.366 e. The molecular weight excluding hydrogens is 274 g/mol. The van der Waals surface area contributed by atoms with E-state index in [1.165, 1.54) is 37.7 Å². The van der Waals surface area contributed by atoms with E-state index in [-0.39, 0.29) is 0 Å². The minimum atomic E-state index is 0.526. The topological polar surface area (TPSA) is 53.9 Å². The number of anilines is 2. The molecule has 0 radical (unpaired) electrons. The molecule has 0 amide bonds. The maximum absolute atomic E-state index is 4.60.